The highest BCUT2D eigenvalue weighted by molar-refractivity contribution is 5.75. The van der Waals surface area contributed by atoms with E-state index in [0.717, 1.165) is 24.2 Å². The molecule has 0 radical (unpaired) electrons. The summed E-state index contributed by atoms with van der Waals surface area (Å²) in [4.78, 5) is 18.0. The van der Waals surface area contributed by atoms with Crippen molar-refractivity contribution in [3.63, 3.8) is 0 Å². The van der Waals surface area contributed by atoms with Crippen molar-refractivity contribution >= 4 is 5.91 Å². The number of hydrogen-bond acceptors (Lipinski definition) is 3. The Balaban J connectivity index is 1.50. The summed E-state index contributed by atoms with van der Waals surface area (Å²) in [7, 11) is 1.83. The predicted octanol–water partition coefficient (Wildman–Crippen LogP) is 2.51. The van der Waals surface area contributed by atoms with Gasteiger partial charge in [0.2, 0.25) is 5.91 Å². The monoisotopic (exact) mass is 323 g/mol. The number of benzene rings is 1. The minimum Gasteiger partial charge on any atom is -0.341 e. The normalized spacial score (nSPS) is 10.7. The lowest BCUT2D eigenvalue weighted by Crippen LogP contribution is -2.26. The molecular formula is C18H21N5O. The van der Waals surface area contributed by atoms with Crippen molar-refractivity contribution in [3.05, 3.63) is 67.0 Å². The Labute approximate surface area is 141 Å². The van der Waals surface area contributed by atoms with Gasteiger partial charge in [0.1, 0.15) is 0 Å². The summed E-state index contributed by atoms with van der Waals surface area (Å²) >= 11 is 0. The maximum absolute atomic E-state index is 12.2. The van der Waals surface area contributed by atoms with Crippen molar-refractivity contribution in [2.75, 3.05) is 7.05 Å². The molecule has 0 atom stereocenters. The zero-order valence-corrected chi connectivity index (χ0v) is 13.7. The number of aromatic nitrogens is 4. The molecule has 24 heavy (non-hydrogen) atoms. The molecule has 0 bridgehead atoms. The van der Waals surface area contributed by atoms with Crippen LogP contribution in [-0.4, -0.2) is 37.2 Å². The molecule has 2 aromatic heterocycles. The zero-order chi connectivity index (χ0) is 16.8. The molecule has 0 N–H and O–H groups in total. The van der Waals surface area contributed by atoms with Gasteiger partial charge in [-0.2, -0.15) is 5.10 Å². The Bertz CT molecular complexity index is 764. The van der Waals surface area contributed by atoms with Crippen LogP contribution in [0.2, 0.25) is 0 Å². The first-order valence-electron chi connectivity index (χ1n) is 8.01. The Morgan fingerprint density at radius 1 is 1.25 bits per heavy atom. The zero-order valence-electron chi connectivity index (χ0n) is 13.7. The Morgan fingerprint density at radius 2 is 2.08 bits per heavy atom. The number of para-hydroxylation sites is 1. The van der Waals surface area contributed by atoms with E-state index in [0.29, 0.717) is 13.0 Å². The van der Waals surface area contributed by atoms with Crippen molar-refractivity contribution < 1.29 is 4.79 Å². The summed E-state index contributed by atoms with van der Waals surface area (Å²) in [5, 5.41) is 4.36. The fraction of sp³-hybridized carbons (Fsp3) is 0.278. The summed E-state index contributed by atoms with van der Waals surface area (Å²) in [5.41, 5.74) is 2.03. The van der Waals surface area contributed by atoms with Crippen LogP contribution in [0.5, 0.6) is 0 Å². The molecule has 0 saturated carbocycles. The number of imidazole rings is 1. The number of carbonyl (C=O) groups is 1. The standard InChI is InChI=1S/C18H21N5O/c1-21(18(24)8-5-10-22-11-9-19-15-22)13-16-12-20-23(14-16)17-6-3-2-4-7-17/h2-4,6-7,9,11-12,14-15H,5,8,10,13H2,1H3. The first-order chi connectivity index (χ1) is 11.7. The predicted molar refractivity (Wildman–Crippen MR) is 91.5 cm³/mol. The van der Waals surface area contributed by atoms with Crippen molar-refractivity contribution in [3.8, 4) is 5.69 Å². The lowest BCUT2D eigenvalue weighted by Gasteiger charge is -2.16. The first kappa shape index (κ1) is 16.0. The SMILES string of the molecule is CN(Cc1cnn(-c2ccccc2)c1)C(=O)CCCn1ccnc1. The average molecular weight is 323 g/mol. The molecule has 3 aromatic rings. The lowest BCUT2D eigenvalue weighted by molar-refractivity contribution is -0.130. The number of nitrogens with zero attached hydrogens (tertiary/aromatic N) is 5. The fourth-order valence-corrected chi connectivity index (χ4v) is 2.55. The van der Waals surface area contributed by atoms with Gasteiger partial charge in [0, 0.05) is 50.7 Å². The lowest BCUT2D eigenvalue weighted by atomic mass is 10.2. The van der Waals surface area contributed by atoms with E-state index in [1.54, 1.807) is 17.4 Å². The third kappa shape index (κ3) is 4.10. The van der Waals surface area contributed by atoms with Crippen LogP contribution in [-0.2, 0) is 17.9 Å². The van der Waals surface area contributed by atoms with E-state index in [1.165, 1.54) is 0 Å². The van der Waals surface area contributed by atoms with Crippen LogP contribution < -0.4 is 0 Å². The maximum Gasteiger partial charge on any atom is 0.222 e. The van der Waals surface area contributed by atoms with Crippen LogP contribution in [0.15, 0.2) is 61.4 Å². The molecule has 0 fully saturated rings. The minimum atomic E-state index is 0.141. The molecule has 1 amide bonds. The van der Waals surface area contributed by atoms with Gasteiger partial charge in [-0.25, -0.2) is 9.67 Å². The van der Waals surface area contributed by atoms with Crippen molar-refractivity contribution in [1.29, 1.82) is 0 Å². The Morgan fingerprint density at radius 3 is 2.83 bits per heavy atom. The molecular weight excluding hydrogens is 302 g/mol. The van der Waals surface area contributed by atoms with Gasteiger partial charge < -0.3 is 9.47 Å². The molecule has 0 unspecified atom stereocenters. The fourth-order valence-electron chi connectivity index (χ4n) is 2.55. The highest BCUT2D eigenvalue weighted by Crippen LogP contribution is 2.10. The molecule has 0 aliphatic rings. The van der Waals surface area contributed by atoms with Crippen molar-refractivity contribution in [2.45, 2.75) is 25.9 Å². The van der Waals surface area contributed by atoms with Crippen molar-refractivity contribution in [1.82, 2.24) is 24.2 Å². The second-order valence-electron chi connectivity index (χ2n) is 5.78. The van der Waals surface area contributed by atoms with Crippen LogP contribution in [0.3, 0.4) is 0 Å². The van der Waals surface area contributed by atoms with Crippen LogP contribution in [0.25, 0.3) is 5.69 Å². The van der Waals surface area contributed by atoms with E-state index >= 15 is 0 Å². The highest BCUT2D eigenvalue weighted by Gasteiger charge is 2.10. The van der Waals surface area contributed by atoms with E-state index in [2.05, 4.69) is 10.1 Å². The average Bonchev–Trinajstić information content (AvgIpc) is 3.27. The molecule has 0 aliphatic carbocycles. The molecule has 6 nitrogen and oxygen atoms in total. The molecule has 0 aliphatic heterocycles. The van der Waals surface area contributed by atoms with E-state index in [1.807, 2.05) is 65.2 Å². The number of aryl methyl sites for hydroxylation is 1. The molecule has 3 rings (SSSR count). The van der Waals surface area contributed by atoms with Gasteiger partial charge >= 0.3 is 0 Å². The number of carbonyl (C=O) groups excluding carboxylic acids is 1. The second kappa shape index (κ2) is 7.59. The molecule has 124 valence electrons. The molecule has 6 heteroatoms. The molecule has 0 saturated heterocycles. The summed E-state index contributed by atoms with van der Waals surface area (Å²) in [6.07, 6.45) is 10.5. The van der Waals surface area contributed by atoms with E-state index in [-0.39, 0.29) is 5.91 Å². The van der Waals surface area contributed by atoms with Gasteiger partial charge in [-0.3, -0.25) is 4.79 Å². The van der Waals surface area contributed by atoms with Crippen LogP contribution in [0.1, 0.15) is 18.4 Å². The third-order valence-corrected chi connectivity index (χ3v) is 3.87. The van der Waals surface area contributed by atoms with Gasteiger partial charge in [-0.05, 0) is 18.6 Å². The van der Waals surface area contributed by atoms with Crippen LogP contribution in [0.4, 0.5) is 0 Å². The summed E-state index contributed by atoms with van der Waals surface area (Å²) in [6, 6.07) is 9.94. The Hall–Kier alpha value is -2.89. The molecule has 1 aromatic carbocycles. The number of hydrogen-bond donors (Lipinski definition) is 0. The summed E-state index contributed by atoms with van der Waals surface area (Å²) in [6.45, 7) is 1.38. The highest BCUT2D eigenvalue weighted by atomic mass is 16.2. The summed E-state index contributed by atoms with van der Waals surface area (Å²) < 4.78 is 3.81. The van der Waals surface area contributed by atoms with E-state index < -0.39 is 0 Å². The molecule has 0 spiro atoms. The minimum absolute atomic E-state index is 0.141. The van der Waals surface area contributed by atoms with E-state index in [9.17, 15) is 4.79 Å². The van der Waals surface area contributed by atoms with Gasteiger partial charge in [-0.15, -0.1) is 0 Å². The quantitative estimate of drug-likeness (QED) is 0.671. The van der Waals surface area contributed by atoms with Gasteiger partial charge in [0.15, 0.2) is 0 Å². The maximum atomic E-state index is 12.2. The van der Waals surface area contributed by atoms with E-state index in [4.69, 9.17) is 0 Å². The van der Waals surface area contributed by atoms with Crippen LogP contribution >= 0.6 is 0 Å². The van der Waals surface area contributed by atoms with Gasteiger partial charge in [-0.1, -0.05) is 18.2 Å². The number of rotatable bonds is 7. The first-order valence-corrected chi connectivity index (χ1v) is 8.01. The van der Waals surface area contributed by atoms with Crippen LogP contribution in [0, 0.1) is 0 Å². The Kier molecular flexibility index (Phi) is 5.05. The summed E-state index contributed by atoms with van der Waals surface area (Å²) in [5.74, 6) is 0.141. The largest absolute Gasteiger partial charge is 0.341 e. The van der Waals surface area contributed by atoms with Gasteiger partial charge in [0.05, 0.1) is 18.2 Å². The smallest absolute Gasteiger partial charge is 0.222 e. The second-order valence-corrected chi connectivity index (χ2v) is 5.78. The van der Waals surface area contributed by atoms with Crippen molar-refractivity contribution in [2.24, 2.45) is 0 Å². The van der Waals surface area contributed by atoms with Gasteiger partial charge in [0.25, 0.3) is 0 Å². The third-order valence-electron chi connectivity index (χ3n) is 3.87. The topological polar surface area (TPSA) is 56.0 Å². The molecule has 2 heterocycles. The number of amides is 1.